The third-order valence-corrected chi connectivity index (χ3v) is 4.86. The Hall–Kier alpha value is 0.0100. The highest BCUT2D eigenvalue weighted by Crippen LogP contribution is 2.34. The summed E-state index contributed by atoms with van der Waals surface area (Å²) in [5, 5.41) is 2.68. The fourth-order valence-corrected chi connectivity index (χ4v) is 3.84. The van der Waals surface area contributed by atoms with Crippen LogP contribution in [0.2, 0.25) is 0 Å². The molecule has 80 valence electrons. The minimum absolute atomic E-state index is 0.515. The first kappa shape index (κ1) is 12.1. The van der Waals surface area contributed by atoms with Gasteiger partial charge in [-0.25, -0.2) is 0 Å². The van der Waals surface area contributed by atoms with Crippen LogP contribution in [0.4, 0.5) is 0 Å². The van der Waals surface area contributed by atoms with Crippen molar-refractivity contribution in [3.8, 4) is 0 Å². The van der Waals surface area contributed by atoms with Gasteiger partial charge in [0, 0.05) is 11.4 Å². The summed E-state index contributed by atoms with van der Waals surface area (Å²) in [6.45, 7) is 5.17. The Morgan fingerprint density at radius 1 is 1.57 bits per heavy atom. The molecule has 3 heteroatoms. The number of hydrogen-bond donors (Lipinski definition) is 1. The Morgan fingerprint density at radius 2 is 2.36 bits per heavy atom. The van der Waals surface area contributed by atoms with Crippen molar-refractivity contribution >= 4 is 23.1 Å². The first-order chi connectivity index (χ1) is 6.79. The third-order valence-electron chi connectivity index (χ3n) is 2.23. The van der Waals surface area contributed by atoms with Gasteiger partial charge in [-0.2, -0.15) is 11.8 Å². The van der Waals surface area contributed by atoms with Crippen molar-refractivity contribution in [1.29, 1.82) is 0 Å². The number of nitrogens with two attached hydrogens (primary N) is 1. The van der Waals surface area contributed by atoms with Gasteiger partial charge >= 0.3 is 0 Å². The Morgan fingerprint density at radius 3 is 2.86 bits per heavy atom. The van der Waals surface area contributed by atoms with Gasteiger partial charge in [-0.1, -0.05) is 13.3 Å². The van der Waals surface area contributed by atoms with Gasteiger partial charge in [-0.15, -0.1) is 11.3 Å². The van der Waals surface area contributed by atoms with Gasteiger partial charge < -0.3 is 5.73 Å². The van der Waals surface area contributed by atoms with E-state index >= 15 is 0 Å². The normalized spacial score (nSPS) is 13.1. The average molecular weight is 229 g/mol. The monoisotopic (exact) mass is 229 g/mol. The molecule has 0 fully saturated rings. The summed E-state index contributed by atoms with van der Waals surface area (Å²) in [5.41, 5.74) is 7.20. The molecule has 0 aromatic carbocycles. The standard InChI is InChI=1S/C11H19NS2/c1-3-4-6-13-10(8-12)11-9(2)5-7-14-11/h5,7,10H,3-4,6,8,12H2,1-2H3. The number of thiophene rings is 1. The van der Waals surface area contributed by atoms with E-state index in [2.05, 4.69) is 25.3 Å². The zero-order valence-corrected chi connectivity index (χ0v) is 10.6. The molecule has 1 rings (SSSR count). The van der Waals surface area contributed by atoms with Crippen LogP contribution in [0.25, 0.3) is 0 Å². The van der Waals surface area contributed by atoms with Crippen molar-refractivity contribution in [1.82, 2.24) is 0 Å². The highest BCUT2D eigenvalue weighted by molar-refractivity contribution is 7.99. The van der Waals surface area contributed by atoms with Crippen molar-refractivity contribution in [2.45, 2.75) is 31.9 Å². The first-order valence-corrected chi connectivity index (χ1v) is 7.08. The zero-order valence-electron chi connectivity index (χ0n) is 8.95. The van der Waals surface area contributed by atoms with E-state index in [1.165, 1.54) is 29.0 Å². The minimum atomic E-state index is 0.515. The van der Waals surface area contributed by atoms with Gasteiger partial charge in [0.2, 0.25) is 0 Å². The van der Waals surface area contributed by atoms with Crippen LogP contribution in [0.1, 0.15) is 35.5 Å². The number of thioether (sulfide) groups is 1. The van der Waals surface area contributed by atoms with Crippen LogP contribution in [0.5, 0.6) is 0 Å². The molecule has 2 N–H and O–H groups in total. The van der Waals surface area contributed by atoms with E-state index < -0.39 is 0 Å². The average Bonchev–Trinajstić information content (AvgIpc) is 2.60. The molecular formula is C11H19NS2. The lowest BCUT2D eigenvalue weighted by molar-refractivity contribution is 0.885. The van der Waals surface area contributed by atoms with Gasteiger partial charge in [0.25, 0.3) is 0 Å². The van der Waals surface area contributed by atoms with Gasteiger partial charge in [-0.05, 0) is 36.1 Å². The van der Waals surface area contributed by atoms with Crippen molar-refractivity contribution in [3.05, 3.63) is 21.9 Å². The maximum absolute atomic E-state index is 5.80. The van der Waals surface area contributed by atoms with Crippen molar-refractivity contribution in [2.24, 2.45) is 5.73 Å². The van der Waals surface area contributed by atoms with E-state index in [9.17, 15) is 0 Å². The van der Waals surface area contributed by atoms with Crippen LogP contribution in [0.3, 0.4) is 0 Å². The fourth-order valence-electron chi connectivity index (χ4n) is 1.33. The molecule has 0 aliphatic heterocycles. The van der Waals surface area contributed by atoms with Gasteiger partial charge in [-0.3, -0.25) is 0 Å². The Balaban J connectivity index is 2.50. The Labute approximate surface area is 95.1 Å². The summed E-state index contributed by atoms with van der Waals surface area (Å²) in [6.07, 6.45) is 2.57. The van der Waals surface area contributed by atoms with Crippen molar-refractivity contribution < 1.29 is 0 Å². The van der Waals surface area contributed by atoms with E-state index in [1.807, 2.05) is 23.1 Å². The number of rotatable bonds is 6. The summed E-state index contributed by atoms with van der Waals surface area (Å²) in [6, 6.07) is 2.18. The van der Waals surface area contributed by atoms with Crippen LogP contribution in [0, 0.1) is 6.92 Å². The van der Waals surface area contributed by atoms with Crippen molar-refractivity contribution in [2.75, 3.05) is 12.3 Å². The molecule has 0 saturated carbocycles. The third kappa shape index (κ3) is 3.30. The highest BCUT2D eigenvalue weighted by Gasteiger charge is 2.13. The molecule has 0 radical (unpaired) electrons. The molecule has 1 aromatic heterocycles. The summed E-state index contributed by atoms with van der Waals surface area (Å²) in [7, 11) is 0. The topological polar surface area (TPSA) is 26.0 Å². The lowest BCUT2D eigenvalue weighted by Gasteiger charge is -2.13. The van der Waals surface area contributed by atoms with E-state index in [1.54, 1.807) is 0 Å². The number of aryl methyl sites for hydroxylation is 1. The highest BCUT2D eigenvalue weighted by atomic mass is 32.2. The Kier molecular flexibility index (Phi) is 5.60. The molecule has 0 spiro atoms. The largest absolute Gasteiger partial charge is 0.329 e. The van der Waals surface area contributed by atoms with Gasteiger partial charge in [0.1, 0.15) is 0 Å². The molecule has 0 bridgehead atoms. The molecule has 0 amide bonds. The molecule has 1 atom stereocenters. The molecule has 1 unspecified atom stereocenters. The van der Waals surface area contributed by atoms with Crippen LogP contribution in [-0.2, 0) is 0 Å². The predicted octanol–water partition coefficient (Wildman–Crippen LogP) is 3.59. The maximum atomic E-state index is 5.80. The number of hydrogen-bond acceptors (Lipinski definition) is 3. The second-order valence-electron chi connectivity index (χ2n) is 3.42. The van der Waals surface area contributed by atoms with Crippen molar-refractivity contribution in [3.63, 3.8) is 0 Å². The summed E-state index contributed by atoms with van der Waals surface area (Å²) < 4.78 is 0. The van der Waals surface area contributed by atoms with E-state index in [-0.39, 0.29) is 0 Å². The summed E-state index contributed by atoms with van der Waals surface area (Å²) in [5.74, 6) is 1.23. The van der Waals surface area contributed by atoms with E-state index in [0.29, 0.717) is 5.25 Å². The summed E-state index contributed by atoms with van der Waals surface area (Å²) >= 11 is 3.84. The zero-order chi connectivity index (χ0) is 10.4. The molecule has 1 aromatic rings. The lowest BCUT2D eigenvalue weighted by atomic mass is 10.2. The van der Waals surface area contributed by atoms with E-state index in [4.69, 9.17) is 5.73 Å². The minimum Gasteiger partial charge on any atom is -0.329 e. The van der Waals surface area contributed by atoms with Gasteiger partial charge in [0.15, 0.2) is 0 Å². The van der Waals surface area contributed by atoms with Crippen LogP contribution in [-0.4, -0.2) is 12.3 Å². The second kappa shape index (κ2) is 6.49. The van der Waals surface area contributed by atoms with Crippen LogP contribution in [0.15, 0.2) is 11.4 Å². The SMILES string of the molecule is CCCCSC(CN)c1sccc1C. The fraction of sp³-hybridized carbons (Fsp3) is 0.636. The molecule has 0 aliphatic rings. The smallest absolute Gasteiger partial charge is 0.0516 e. The second-order valence-corrected chi connectivity index (χ2v) is 5.67. The Bertz CT molecular complexity index is 258. The number of unbranched alkanes of at least 4 members (excludes halogenated alkanes) is 1. The quantitative estimate of drug-likeness (QED) is 0.754. The van der Waals surface area contributed by atoms with Crippen LogP contribution < -0.4 is 5.73 Å². The van der Waals surface area contributed by atoms with Crippen LogP contribution >= 0.6 is 23.1 Å². The molecule has 0 saturated heterocycles. The predicted molar refractivity (Wildman–Crippen MR) is 68.2 cm³/mol. The maximum Gasteiger partial charge on any atom is 0.0516 e. The molecule has 1 heterocycles. The molecule has 1 nitrogen and oxygen atoms in total. The molecule has 0 aliphatic carbocycles. The van der Waals surface area contributed by atoms with E-state index in [0.717, 1.165) is 6.54 Å². The summed E-state index contributed by atoms with van der Waals surface area (Å²) in [4.78, 5) is 1.47. The lowest BCUT2D eigenvalue weighted by Crippen LogP contribution is -2.09. The molecule has 14 heavy (non-hydrogen) atoms. The first-order valence-electron chi connectivity index (χ1n) is 5.15. The molecular weight excluding hydrogens is 210 g/mol. The van der Waals surface area contributed by atoms with Gasteiger partial charge in [0.05, 0.1) is 5.25 Å².